The summed E-state index contributed by atoms with van der Waals surface area (Å²) >= 11 is 0. The average molecular weight is 107 g/mol. The molecule has 3 aliphatic rings. The van der Waals surface area contributed by atoms with E-state index in [1.54, 1.807) is 0 Å². The molecule has 0 spiro atoms. The average Bonchev–Trinajstić information content (AvgIpc) is 1.64. The SMILES string of the molecule is CC1C2CC1(C#N)C2. The third-order valence-electron chi connectivity index (χ3n) is 3.05. The van der Waals surface area contributed by atoms with Crippen molar-refractivity contribution in [3.05, 3.63) is 0 Å². The van der Waals surface area contributed by atoms with Crippen molar-refractivity contribution in [3.63, 3.8) is 0 Å². The molecule has 2 bridgehead atoms. The first-order chi connectivity index (χ1) is 3.78. The Labute approximate surface area is 49.3 Å². The van der Waals surface area contributed by atoms with Crippen molar-refractivity contribution in [2.24, 2.45) is 17.3 Å². The first-order valence-electron chi connectivity index (χ1n) is 3.20. The van der Waals surface area contributed by atoms with Gasteiger partial charge in [-0.3, -0.25) is 0 Å². The number of nitriles is 1. The zero-order chi connectivity index (χ0) is 5.78. The van der Waals surface area contributed by atoms with E-state index < -0.39 is 0 Å². The first-order valence-corrected chi connectivity index (χ1v) is 3.20. The van der Waals surface area contributed by atoms with E-state index in [0.29, 0.717) is 0 Å². The van der Waals surface area contributed by atoms with Crippen molar-refractivity contribution in [3.8, 4) is 6.07 Å². The molecule has 1 nitrogen and oxygen atoms in total. The summed E-state index contributed by atoms with van der Waals surface area (Å²) in [6.45, 7) is 2.20. The van der Waals surface area contributed by atoms with Gasteiger partial charge in [0.15, 0.2) is 0 Å². The highest BCUT2D eigenvalue weighted by Gasteiger charge is 2.63. The van der Waals surface area contributed by atoms with Gasteiger partial charge in [-0.2, -0.15) is 5.26 Å². The largest absolute Gasteiger partial charge is 0.198 e. The lowest BCUT2D eigenvalue weighted by molar-refractivity contribution is -0.133. The molecule has 0 aromatic rings. The van der Waals surface area contributed by atoms with E-state index in [2.05, 4.69) is 13.0 Å². The predicted octanol–water partition coefficient (Wildman–Crippen LogP) is 1.56. The molecular formula is C7H9N. The Balaban J connectivity index is 2.22. The highest BCUT2D eigenvalue weighted by Crippen LogP contribution is 2.68. The minimum Gasteiger partial charge on any atom is -0.198 e. The van der Waals surface area contributed by atoms with Gasteiger partial charge in [0.1, 0.15) is 0 Å². The third-order valence-corrected chi connectivity index (χ3v) is 3.05. The van der Waals surface area contributed by atoms with E-state index in [1.165, 1.54) is 12.8 Å². The van der Waals surface area contributed by atoms with E-state index in [0.717, 1.165) is 11.8 Å². The molecule has 8 heavy (non-hydrogen) atoms. The van der Waals surface area contributed by atoms with Crippen LogP contribution in [0.1, 0.15) is 19.8 Å². The lowest BCUT2D eigenvalue weighted by Crippen LogP contribution is -2.58. The molecule has 1 atom stereocenters. The van der Waals surface area contributed by atoms with Gasteiger partial charge in [-0.1, -0.05) is 6.92 Å². The Morgan fingerprint density at radius 2 is 2.25 bits per heavy atom. The minimum absolute atomic E-state index is 0.171. The molecule has 3 saturated carbocycles. The van der Waals surface area contributed by atoms with Crippen LogP contribution in [0.4, 0.5) is 0 Å². The molecule has 0 N–H and O–H groups in total. The Morgan fingerprint density at radius 1 is 1.62 bits per heavy atom. The summed E-state index contributed by atoms with van der Waals surface area (Å²) in [5.41, 5.74) is 0.171. The van der Waals surface area contributed by atoms with Crippen LogP contribution in [0.5, 0.6) is 0 Å². The molecule has 0 radical (unpaired) electrons. The summed E-state index contributed by atoms with van der Waals surface area (Å²) in [7, 11) is 0. The summed E-state index contributed by atoms with van der Waals surface area (Å²) in [5.74, 6) is 1.65. The van der Waals surface area contributed by atoms with Crippen LogP contribution in [0.25, 0.3) is 0 Å². The molecule has 0 aromatic carbocycles. The second-order valence-corrected chi connectivity index (χ2v) is 3.22. The van der Waals surface area contributed by atoms with Gasteiger partial charge in [0.05, 0.1) is 11.5 Å². The summed E-state index contributed by atoms with van der Waals surface area (Å²) in [4.78, 5) is 0. The van der Waals surface area contributed by atoms with Crippen molar-refractivity contribution in [1.29, 1.82) is 5.26 Å². The summed E-state index contributed by atoms with van der Waals surface area (Å²) < 4.78 is 0. The van der Waals surface area contributed by atoms with Gasteiger partial charge in [-0.15, -0.1) is 0 Å². The predicted molar refractivity (Wildman–Crippen MR) is 29.9 cm³/mol. The van der Waals surface area contributed by atoms with Crippen LogP contribution in [-0.2, 0) is 0 Å². The topological polar surface area (TPSA) is 23.8 Å². The minimum atomic E-state index is 0.171. The van der Waals surface area contributed by atoms with Crippen LogP contribution in [0.2, 0.25) is 0 Å². The van der Waals surface area contributed by atoms with E-state index in [9.17, 15) is 0 Å². The van der Waals surface area contributed by atoms with Gasteiger partial charge < -0.3 is 0 Å². The highest BCUT2D eigenvalue weighted by atomic mass is 14.7. The fourth-order valence-corrected chi connectivity index (χ4v) is 1.92. The van der Waals surface area contributed by atoms with Crippen molar-refractivity contribution >= 4 is 0 Å². The van der Waals surface area contributed by atoms with Gasteiger partial charge in [-0.05, 0) is 24.7 Å². The molecule has 0 amide bonds. The summed E-state index contributed by atoms with van der Waals surface area (Å²) in [5, 5.41) is 8.60. The number of nitrogens with zero attached hydrogens (tertiary/aromatic N) is 1. The van der Waals surface area contributed by atoms with Crippen LogP contribution in [0, 0.1) is 28.6 Å². The van der Waals surface area contributed by atoms with Crippen molar-refractivity contribution in [2.45, 2.75) is 19.8 Å². The number of hydrogen-bond donors (Lipinski definition) is 0. The van der Waals surface area contributed by atoms with Gasteiger partial charge >= 0.3 is 0 Å². The molecule has 42 valence electrons. The van der Waals surface area contributed by atoms with Crippen LogP contribution < -0.4 is 0 Å². The quantitative estimate of drug-likeness (QED) is 0.460. The number of hydrogen-bond acceptors (Lipinski definition) is 1. The van der Waals surface area contributed by atoms with Crippen molar-refractivity contribution in [1.82, 2.24) is 0 Å². The Kier molecular flexibility index (Phi) is 0.510. The molecule has 0 heterocycles. The monoisotopic (exact) mass is 107 g/mol. The summed E-state index contributed by atoms with van der Waals surface area (Å²) in [6.07, 6.45) is 2.40. The second kappa shape index (κ2) is 0.932. The van der Waals surface area contributed by atoms with Gasteiger partial charge in [0.2, 0.25) is 0 Å². The molecule has 3 fully saturated rings. The van der Waals surface area contributed by atoms with E-state index in [4.69, 9.17) is 5.26 Å². The zero-order valence-electron chi connectivity index (χ0n) is 5.02. The second-order valence-electron chi connectivity index (χ2n) is 3.22. The third kappa shape index (κ3) is 0.219. The van der Waals surface area contributed by atoms with E-state index in [-0.39, 0.29) is 5.41 Å². The van der Waals surface area contributed by atoms with Gasteiger partial charge in [0.25, 0.3) is 0 Å². The fraction of sp³-hybridized carbons (Fsp3) is 0.857. The van der Waals surface area contributed by atoms with Crippen molar-refractivity contribution < 1.29 is 0 Å². The zero-order valence-corrected chi connectivity index (χ0v) is 5.02. The van der Waals surface area contributed by atoms with Crippen LogP contribution >= 0.6 is 0 Å². The van der Waals surface area contributed by atoms with E-state index in [1.807, 2.05) is 0 Å². The van der Waals surface area contributed by atoms with Gasteiger partial charge in [-0.25, -0.2) is 0 Å². The Bertz CT molecular complexity index is 160. The molecule has 0 aliphatic heterocycles. The fourth-order valence-electron chi connectivity index (χ4n) is 1.92. The standard InChI is InChI=1S/C7H9N/c1-5-6-2-7(5,3-6)4-8/h5-6H,2-3H2,1H3. The molecular weight excluding hydrogens is 98.1 g/mol. The Morgan fingerprint density at radius 3 is 2.25 bits per heavy atom. The molecule has 3 rings (SSSR count). The number of rotatable bonds is 0. The summed E-state index contributed by atoms with van der Waals surface area (Å²) in [6, 6.07) is 2.39. The van der Waals surface area contributed by atoms with Crippen LogP contribution in [0.3, 0.4) is 0 Å². The molecule has 1 unspecified atom stereocenters. The maximum atomic E-state index is 8.60. The highest BCUT2D eigenvalue weighted by molar-refractivity contribution is 5.22. The molecule has 3 aliphatic carbocycles. The maximum Gasteiger partial charge on any atom is 0.0692 e. The lowest BCUT2D eigenvalue weighted by atomic mass is 9.39. The first kappa shape index (κ1) is 4.38. The van der Waals surface area contributed by atoms with E-state index >= 15 is 0 Å². The Hall–Kier alpha value is -0.510. The lowest BCUT2D eigenvalue weighted by Gasteiger charge is -2.63. The normalized spacial score (nSPS) is 58.0. The van der Waals surface area contributed by atoms with Crippen LogP contribution in [0.15, 0.2) is 0 Å². The molecule has 1 heteroatoms. The molecule has 0 aromatic heterocycles. The molecule has 0 saturated heterocycles. The van der Waals surface area contributed by atoms with Crippen molar-refractivity contribution in [2.75, 3.05) is 0 Å². The maximum absolute atomic E-state index is 8.60. The van der Waals surface area contributed by atoms with Gasteiger partial charge in [0, 0.05) is 0 Å². The smallest absolute Gasteiger partial charge is 0.0692 e. The van der Waals surface area contributed by atoms with Crippen LogP contribution in [-0.4, -0.2) is 0 Å².